The molecular formula is C12H23PSe. The quantitative estimate of drug-likeness (QED) is 0.533. The third-order valence-corrected chi connectivity index (χ3v) is 12.1. The molecule has 1 saturated carbocycles. The summed E-state index contributed by atoms with van der Waals surface area (Å²) in [6.07, 6.45) is 10.8. The van der Waals surface area contributed by atoms with Crippen molar-refractivity contribution in [2.75, 3.05) is 12.3 Å². The fourth-order valence-corrected chi connectivity index (χ4v) is 11.4. The fraction of sp³-hybridized carbons (Fsp3) is 1.00. The fourth-order valence-electron chi connectivity index (χ4n) is 3.39. The Morgan fingerprint density at radius 1 is 1.29 bits per heavy atom. The first-order valence-electron chi connectivity index (χ1n) is 6.18. The van der Waals surface area contributed by atoms with Crippen molar-refractivity contribution in [2.45, 2.75) is 51.6 Å². The SMILES string of the molecule is CC(C)C[P@]1(=[Se])CC[C@@H]2CCC[C@H]1C2. The van der Waals surface area contributed by atoms with E-state index >= 15 is 0 Å². The molecule has 0 nitrogen and oxygen atoms in total. The van der Waals surface area contributed by atoms with Crippen LogP contribution in [0.1, 0.15) is 46.0 Å². The molecular weight excluding hydrogens is 254 g/mol. The second kappa shape index (κ2) is 4.44. The molecule has 0 aromatic heterocycles. The first-order chi connectivity index (χ1) is 6.60. The third kappa shape index (κ3) is 2.37. The number of hydrogen-bond donors (Lipinski definition) is 0. The Kier molecular flexibility index (Phi) is 3.63. The van der Waals surface area contributed by atoms with E-state index in [0.717, 1.165) is 17.5 Å². The molecule has 0 unspecified atom stereocenters. The van der Waals surface area contributed by atoms with E-state index in [-0.39, 0.29) is 0 Å². The number of fused-ring (bicyclic) bond motifs is 2. The molecule has 0 amide bonds. The molecule has 1 aliphatic carbocycles. The molecule has 1 saturated heterocycles. The maximum absolute atomic E-state index is 3.69. The summed E-state index contributed by atoms with van der Waals surface area (Å²) in [6, 6.07) is 0. The molecule has 2 aliphatic rings. The van der Waals surface area contributed by atoms with Gasteiger partial charge in [0.25, 0.3) is 0 Å². The van der Waals surface area contributed by atoms with Gasteiger partial charge in [0.1, 0.15) is 0 Å². The molecule has 1 heterocycles. The van der Waals surface area contributed by atoms with E-state index in [0.29, 0.717) is 0 Å². The van der Waals surface area contributed by atoms with Gasteiger partial charge in [-0.3, -0.25) is 0 Å². The van der Waals surface area contributed by atoms with Gasteiger partial charge in [0, 0.05) is 0 Å². The average molecular weight is 277 g/mol. The zero-order valence-electron chi connectivity index (χ0n) is 9.54. The first-order valence-corrected chi connectivity index (χ1v) is 10.6. The van der Waals surface area contributed by atoms with Crippen LogP contribution in [0.25, 0.3) is 0 Å². The van der Waals surface area contributed by atoms with E-state index in [9.17, 15) is 0 Å². The van der Waals surface area contributed by atoms with Gasteiger partial charge in [-0.1, -0.05) is 0 Å². The molecule has 2 rings (SSSR count). The van der Waals surface area contributed by atoms with Crippen molar-refractivity contribution in [2.24, 2.45) is 11.8 Å². The van der Waals surface area contributed by atoms with Crippen LogP contribution in [0.5, 0.6) is 0 Å². The number of rotatable bonds is 2. The van der Waals surface area contributed by atoms with E-state index in [1.54, 1.807) is 25.4 Å². The van der Waals surface area contributed by atoms with E-state index in [2.05, 4.69) is 28.9 Å². The van der Waals surface area contributed by atoms with Crippen molar-refractivity contribution < 1.29 is 0 Å². The Morgan fingerprint density at radius 2 is 2.07 bits per heavy atom. The van der Waals surface area contributed by atoms with Gasteiger partial charge in [0.2, 0.25) is 0 Å². The summed E-state index contributed by atoms with van der Waals surface area (Å²) in [5.41, 5.74) is 0.482. The predicted octanol–water partition coefficient (Wildman–Crippen LogP) is 3.71. The van der Waals surface area contributed by atoms with Gasteiger partial charge < -0.3 is 0 Å². The van der Waals surface area contributed by atoms with Gasteiger partial charge in [0.15, 0.2) is 0 Å². The van der Waals surface area contributed by atoms with Gasteiger partial charge in [-0.15, -0.1) is 0 Å². The van der Waals surface area contributed by atoms with Crippen molar-refractivity contribution in [1.29, 1.82) is 0 Å². The van der Waals surface area contributed by atoms with Crippen molar-refractivity contribution in [3.63, 3.8) is 0 Å². The molecule has 0 radical (unpaired) electrons. The van der Waals surface area contributed by atoms with Crippen LogP contribution in [0.4, 0.5) is 0 Å². The maximum atomic E-state index is 3.69. The zero-order valence-corrected chi connectivity index (χ0v) is 12.1. The Labute approximate surface area is 96.5 Å². The second-order valence-corrected chi connectivity index (χ2v) is 13.8. The Hall–Kier alpha value is 0.949. The summed E-state index contributed by atoms with van der Waals surface area (Å²) in [5, 5.41) is 0. The molecule has 0 N–H and O–H groups in total. The summed E-state index contributed by atoms with van der Waals surface area (Å²) in [7, 11) is 0. The van der Waals surface area contributed by atoms with Crippen molar-refractivity contribution in [3.05, 3.63) is 0 Å². The van der Waals surface area contributed by atoms with Crippen LogP contribution < -0.4 is 0 Å². The average Bonchev–Trinajstić information content (AvgIpc) is 2.13. The van der Waals surface area contributed by atoms with Gasteiger partial charge in [0.05, 0.1) is 0 Å². The minimum absolute atomic E-state index is 0.641. The van der Waals surface area contributed by atoms with Crippen LogP contribution in [-0.2, 0) is 0 Å². The third-order valence-electron chi connectivity index (χ3n) is 4.01. The predicted molar refractivity (Wildman–Crippen MR) is 67.6 cm³/mol. The zero-order chi connectivity index (χ0) is 10.2. The molecule has 82 valence electrons. The van der Waals surface area contributed by atoms with Crippen LogP contribution in [0.3, 0.4) is 0 Å². The van der Waals surface area contributed by atoms with Crippen LogP contribution in [0.15, 0.2) is 0 Å². The molecule has 0 aromatic rings. The molecule has 3 atom stereocenters. The van der Waals surface area contributed by atoms with E-state index in [1.165, 1.54) is 19.0 Å². The van der Waals surface area contributed by atoms with Gasteiger partial charge in [-0.2, -0.15) is 0 Å². The summed E-state index contributed by atoms with van der Waals surface area (Å²) in [6.45, 7) is 4.79. The molecule has 0 aromatic carbocycles. The molecule has 2 fully saturated rings. The number of hydrogen-bond acceptors (Lipinski definition) is 0. The molecule has 2 bridgehead atoms. The molecule has 14 heavy (non-hydrogen) atoms. The minimum atomic E-state index is -0.641. The van der Waals surface area contributed by atoms with Gasteiger partial charge in [-0.05, 0) is 0 Å². The van der Waals surface area contributed by atoms with E-state index in [1.807, 2.05) is 0 Å². The monoisotopic (exact) mass is 278 g/mol. The van der Waals surface area contributed by atoms with Crippen LogP contribution in [-0.4, -0.2) is 33.1 Å². The van der Waals surface area contributed by atoms with Crippen molar-refractivity contribution >= 4 is 20.6 Å². The van der Waals surface area contributed by atoms with Gasteiger partial charge >= 0.3 is 96.4 Å². The molecule has 0 spiro atoms. The molecule has 2 heteroatoms. The van der Waals surface area contributed by atoms with Crippen molar-refractivity contribution in [1.82, 2.24) is 0 Å². The topological polar surface area (TPSA) is 0 Å². The van der Waals surface area contributed by atoms with Crippen molar-refractivity contribution in [3.8, 4) is 0 Å². The summed E-state index contributed by atoms with van der Waals surface area (Å²) in [4.78, 5) is 0. The summed E-state index contributed by atoms with van der Waals surface area (Å²) in [5.74, 6) is 2.02. The molecule has 1 aliphatic heterocycles. The normalized spacial score (nSPS) is 42.8. The Morgan fingerprint density at radius 3 is 2.79 bits per heavy atom. The van der Waals surface area contributed by atoms with Crippen LogP contribution in [0, 0.1) is 11.8 Å². The Bertz CT molecular complexity index is 247. The summed E-state index contributed by atoms with van der Waals surface area (Å²) >= 11 is 3.69. The van der Waals surface area contributed by atoms with Crippen LogP contribution >= 0.6 is 5.51 Å². The first kappa shape index (κ1) is 11.4. The second-order valence-electron chi connectivity index (χ2n) is 5.73. The Balaban J connectivity index is 2.07. The van der Waals surface area contributed by atoms with E-state index in [4.69, 9.17) is 0 Å². The summed E-state index contributed by atoms with van der Waals surface area (Å²) < 4.78 is 0. The van der Waals surface area contributed by atoms with Crippen LogP contribution in [0.2, 0.25) is 0 Å². The standard InChI is InChI=1S/C12H23PSe/c1-10(2)9-13(14)7-6-11-4-3-5-12(13)8-11/h10-12H,3-9H2,1-2H3/t11-,12-,13+/m0/s1. The van der Waals surface area contributed by atoms with E-state index < -0.39 is 5.51 Å². The van der Waals surface area contributed by atoms with Gasteiger partial charge in [-0.25, -0.2) is 0 Å².